The van der Waals surface area contributed by atoms with Crippen molar-refractivity contribution >= 4 is 23.8 Å². The molecule has 2 rings (SSSR count). The van der Waals surface area contributed by atoms with E-state index in [0.29, 0.717) is 26.1 Å². The fraction of sp³-hybridized carbons (Fsp3) is 0.750. The molecule has 9 nitrogen and oxygen atoms in total. The van der Waals surface area contributed by atoms with Gasteiger partial charge in [-0.25, -0.2) is 4.79 Å². The average Bonchev–Trinajstić information content (AvgIpc) is 2.79. The average molecular weight is 354 g/mol. The number of urea groups is 1. The Morgan fingerprint density at radius 3 is 2.68 bits per heavy atom. The number of amides is 4. The number of hydrogen-bond acceptors (Lipinski definition) is 6. The summed E-state index contributed by atoms with van der Waals surface area (Å²) >= 11 is 0. The lowest BCUT2D eigenvalue weighted by Crippen LogP contribution is -2.52. The number of hydrazine groups is 1. The molecule has 0 aromatic carbocycles. The normalized spacial score (nSPS) is 27.2. The number of nitrogens with zero attached hydrogens (tertiary/aromatic N) is 2. The monoisotopic (exact) mass is 354 g/mol. The second-order valence-electron chi connectivity index (χ2n) is 6.62. The Morgan fingerprint density at radius 1 is 1.36 bits per heavy atom. The summed E-state index contributed by atoms with van der Waals surface area (Å²) in [5, 5.41) is 3.31. The van der Waals surface area contributed by atoms with Gasteiger partial charge in [-0.1, -0.05) is 6.92 Å². The highest BCUT2D eigenvalue weighted by Crippen LogP contribution is 2.20. The molecule has 0 aromatic rings. The number of carbonyl (C=O) groups is 4. The minimum atomic E-state index is -0.996. The molecule has 25 heavy (non-hydrogen) atoms. The minimum Gasteiger partial charge on any atom is -0.466 e. The van der Waals surface area contributed by atoms with Crippen molar-refractivity contribution in [3.8, 4) is 0 Å². The van der Waals surface area contributed by atoms with E-state index >= 15 is 0 Å². The van der Waals surface area contributed by atoms with Gasteiger partial charge in [0.1, 0.15) is 5.54 Å². The zero-order valence-electron chi connectivity index (χ0n) is 15.0. The van der Waals surface area contributed by atoms with Gasteiger partial charge in [-0.05, 0) is 39.7 Å². The van der Waals surface area contributed by atoms with Gasteiger partial charge in [0.2, 0.25) is 0 Å². The zero-order valence-corrected chi connectivity index (χ0v) is 15.0. The molecule has 0 unspecified atom stereocenters. The van der Waals surface area contributed by atoms with Gasteiger partial charge in [0.15, 0.2) is 0 Å². The maximum Gasteiger partial charge on any atom is 0.344 e. The van der Waals surface area contributed by atoms with Crippen molar-refractivity contribution in [1.29, 1.82) is 0 Å². The summed E-state index contributed by atoms with van der Waals surface area (Å²) in [6.07, 6.45) is 1.95. The lowest BCUT2D eigenvalue weighted by molar-refractivity contribution is -0.150. The summed E-state index contributed by atoms with van der Waals surface area (Å²) in [4.78, 5) is 50.1. The summed E-state index contributed by atoms with van der Waals surface area (Å²) in [6, 6.07) is -0.634. The van der Waals surface area contributed by atoms with Crippen molar-refractivity contribution in [2.75, 3.05) is 26.2 Å². The van der Waals surface area contributed by atoms with Gasteiger partial charge >= 0.3 is 12.0 Å². The molecule has 0 saturated carbocycles. The van der Waals surface area contributed by atoms with Gasteiger partial charge in [0.25, 0.3) is 11.8 Å². The Hall–Kier alpha value is -2.16. The number of carbonyl (C=O) groups excluding carboxylic acids is 4. The standard InChI is InChI=1S/C16H26N4O5/c1-4-16(3)14(23)20(15(24)17-16)18-12(21)10-19-8-6-7-11(9-19)13(22)25-5-2/h11H,4-10H2,1-3H3,(H,17,24)(H,18,21)/t11-,16+/m0/s1. The van der Waals surface area contributed by atoms with Gasteiger partial charge < -0.3 is 10.1 Å². The SMILES string of the molecule is CCOC(=O)[C@H]1CCCN(CC(=O)NN2C(=O)N[C@](C)(CC)C2=O)C1. The maximum atomic E-state index is 12.3. The van der Waals surface area contributed by atoms with Crippen LogP contribution in [-0.4, -0.2) is 65.5 Å². The van der Waals surface area contributed by atoms with E-state index in [-0.39, 0.29) is 18.4 Å². The Labute approximate surface area is 147 Å². The van der Waals surface area contributed by atoms with Crippen molar-refractivity contribution in [1.82, 2.24) is 20.7 Å². The topological polar surface area (TPSA) is 108 Å². The number of hydrogen-bond donors (Lipinski definition) is 2. The number of likely N-dealkylation sites (tertiary alicyclic amines) is 1. The summed E-state index contributed by atoms with van der Waals surface area (Å²) < 4.78 is 5.03. The molecule has 2 heterocycles. The summed E-state index contributed by atoms with van der Waals surface area (Å²) in [5.74, 6) is -1.44. The smallest absolute Gasteiger partial charge is 0.344 e. The van der Waals surface area contributed by atoms with E-state index < -0.39 is 23.4 Å². The number of rotatable bonds is 6. The van der Waals surface area contributed by atoms with Gasteiger partial charge in [-0.2, -0.15) is 5.01 Å². The third-order valence-electron chi connectivity index (χ3n) is 4.70. The van der Waals surface area contributed by atoms with Crippen molar-refractivity contribution in [3.63, 3.8) is 0 Å². The number of imide groups is 1. The zero-order chi connectivity index (χ0) is 18.6. The molecule has 2 N–H and O–H groups in total. The molecule has 2 atom stereocenters. The van der Waals surface area contributed by atoms with Gasteiger partial charge in [-0.3, -0.25) is 24.7 Å². The van der Waals surface area contributed by atoms with Crippen LogP contribution in [0.2, 0.25) is 0 Å². The Morgan fingerprint density at radius 2 is 2.08 bits per heavy atom. The molecular formula is C16H26N4O5. The first-order valence-corrected chi connectivity index (χ1v) is 8.66. The highest BCUT2D eigenvalue weighted by Gasteiger charge is 2.47. The van der Waals surface area contributed by atoms with Crippen molar-refractivity contribution in [3.05, 3.63) is 0 Å². The summed E-state index contributed by atoms with van der Waals surface area (Å²) in [5.41, 5.74) is 1.36. The van der Waals surface area contributed by atoms with Crippen LogP contribution in [-0.2, 0) is 19.1 Å². The van der Waals surface area contributed by atoms with Gasteiger partial charge in [0.05, 0.1) is 19.1 Å². The number of piperidine rings is 1. The first kappa shape index (κ1) is 19.2. The van der Waals surface area contributed by atoms with Gasteiger partial charge in [-0.15, -0.1) is 0 Å². The van der Waals surface area contributed by atoms with E-state index in [9.17, 15) is 19.2 Å². The van der Waals surface area contributed by atoms with E-state index in [1.54, 1.807) is 20.8 Å². The molecule has 0 bridgehead atoms. The van der Waals surface area contributed by atoms with Gasteiger partial charge in [0, 0.05) is 6.54 Å². The third-order valence-corrected chi connectivity index (χ3v) is 4.70. The molecule has 9 heteroatoms. The van der Waals surface area contributed by atoms with Crippen molar-refractivity contribution in [2.45, 2.75) is 45.6 Å². The van der Waals surface area contributed by atoms with Crippen LogP contribution in [0.4, 0.5) is 4.79 Å². The number of ether oxygens (including phenoxy) is 1. The largest absolute Gasteiger partial charge is 0.466 e. The third kappa shape index (κ3) is 4.28. The Bertz CT molecular complexity index is 567. The van der Waals surface area contributed by atoms with E-state index in [1.165, 1.54) is 0 Å². The van der Waals surface area contributed by atoms with Crippen LogP contribution in [0.15, 0.2) is 0 Å². The van der Waals surface area contributed by atoms with E-state index in [2.05, 4.69) is 10.7 Å². The highest BCUT2D eigenvalue weighted by atomic mass is 16.5. The molecule has 140 valence electrons. The van der Waals surface area contributed by atoms with Crippen LogP contribution >= 0.6 is 0 Å². The molecule has 0 aliphatic carbocycles. The number of esters is 1. The van der Waals surface area contributed by atoms with Crippen molar-refractivity contribution < 1.29 is 23.9 Å². The quantitative estimate of drug-likeness (QED) is 0.514. The number of nitrogens with one attached hydrogen (secondary N) is 2. The van der Waals surface area contributed by atoms with Crippen LogP contribution in [0, 0.1) is 5.92 Å². The van der Waals surface area contributed by atoms with Crippen LogP contribution in [0.1, 0.15) is 40.0 Å². The van der Waals surface area contributed by atoms with Crippen molar-refractivity contribution in [2.24, 2.45) is 5.92 Å². The highest BCUT2D eigenvalue weighted by molar-refractivity contribution is 6.07. The first-order valence-electron chi connectivity index (χ1n) is 8.66. The predicted octanol–water partition coefficient (Wildman–Crippen LogP) is 0.0132. The Kier molecular flexibility index (Phi) is 5.99. The molecule has 2 saturated heterocycles. The summed E-state index contributed by atoms with van der Waals surface area (Å²) in [6.45, 7) is 6.61. The maximum absolute atomic E-state index is 12.3. The summed E-state index contributed by atoms with van der Waals surface area (Å²) in [7, 11) is 0. The van der Waals surface area contributed by atoms with Crippen LogP contribution in [0.5, 0.6) is 0 Å². The van der Waals surface area contributed by atoms with Crippen LogP contribution < -0.4 is 10.7 Å². The van der Waals surface area contributed by atoms with Crippen LogP contribution in [0.25, 0.3) is 0 Å². The fourth-order valence-corrected chi connectivity index (χ4v) is 3.04. The Balaban J connectivity index is 1.89. The van der Waals surface area contributed by atoms with E-state index in [4.69, 9.17) is 4.74 Å². The fourth-order valence-electron chi connectivity index (χ4n) is 3.04. The van der Waals surface area contributed by atoms with E-state index in [1.807, 2.05) is 4.90 Å². The first-order chi connectivity index (χ1) is 11.8. The molecule has 2 aliphatic heterocycles. The molecule has 2 aliphatic rings. The predicted molar refractivity (Wildman–Crippen MR) is 88.0 cm³/mol. The van der Waals surface area contributed by atoms with E-state index in [0.717, 1.165) is 17.9 Å². The molecule has 0 radical (unpaired) electrons. The minimum absolute atomic E-state index is 0.00973. The second-order valence-corrected chi connectivity index (χ2v) is 6.62. The molecule has 0 spiro atoms. The molecular weight excluding hydrogens is 328 g/mol. The lowest BCUT2D eigenvalue weighted by Gasteiger charge is -2.31. The lowest BCUT2D eigenvalue weighted by atomic mass is 9.98. The second kappa shape index (κ2) is 7.81. The molecule has 4 amide bonds. The molecule has 2 fully saturated rings. The van der Waals surface area contributed by atoms with Crippen LogP contribution in [0.3, 0.4) is 0 Å². The molecule has 0 aromatic heterocycles.